The molecule has 0 unspecified atom stereocenters. The Morgan fingerprint density at radius 1 is 0.878 bits per heavy atom. The number of nitrogens with zero attached hydrogens (tertiary/aromatic N) is 4. The van der Waals surface area contributed by atoms with Crippen molar-refractivity contribution in [3.8, 4) is 11.1 Å². The third-order valence-electron chi connectivity index (χ3n) is 8.02. The minimum absolute atomic E-state index is 0.109. The molecular formula is C38H44F2N4O4S. The summed E-state index contributed by atoms with van der Waals surface area (Å²) in [7, 11) is 0. The van der Waals surface area contributed by atoms with E-state index in [1.165, 1.54) is 30.1 Å². The van der Waals surface area contributed by atoms with E-state index in [-0.39, 0.29) is 36.4 Å². The summed E-state index contributed by atoms with van der Waals surface area (Å²) in [4.78, 5) is 47.9. The van der Waals surface area contributed by atoms with Gasteiger partial charge in [0.25, 0.3) is 5.56 Å². The second-order valence-electron chi connectivity index (χ2n) is 12.0. The van der Waals surface area contributed by atoms with Crippen molar-refractivity contribution in [2.45, 2.75) is 70.9 Å². The second-order valence-corrected chi connectivity index (χ2v) is 12.9. The lowest BCUT2D eigenvalue weighted by Crippen LogP contribution is -2.40. The lowest BCUT2D eigenvalue weighted by Gasteiger charge is -2.27. The van der Waals surface area contributed by atoms with E-state index < -0.39 is 18.2 Å². The highest BCUT2D eigenvalue weighted by molar-refractivity contribution is 7.98. The Bertz CT molecular complexity index is 1730. The van der Waals surface area contributed by atoms with Gasteiger partial charge >= 0.3 is 5.97 Å². The van der Waals surface area contributed by atoms with Gasteiger partial charge in [-0.2, -0.15) is 4.98 Å². The van der Waals surface area contributed by atoms with Crippen molar-refractivity contribution in [3.63, 3.8) is 0 Å². The van der Waals surface area contributed by atoms with Crippen LogP contribution in [0.25, 0.3) is 11.1 Å². The first-order chi connectivity index (χ1) is 23.6. The minimum atomic E-state index is -0.566. The normalized spacial score (nSPS) is 11.3. The summed E-state index contributed by atoms with van der Waals surface area (Å²) in [5, 5.41) is 0.315. The van der Waals surface area contributed by atoms with Crippen LogP contribution in [0.15, 0.2) is 88.9 Å². The van der Waals surface area contributed by atoms with Crippen molar-refractivity contribution in [3.05, 3.63) is 117 Å². The van der Waals surface area contributed by atoms with E-state index >= 15 is 0 Å². The number of hydrogen-bond acceptors (Lipinski definition) is 7. The fraction of sp³-hybridized carbons (Fsp3) is 0.368. The van der Waals surface area contributed by atoms with Gasteiger partial charge < -0.3 is 19.1 Å². The molecule has 1 heterocycles. The van der Waals surface area contributed by atoms with Crippen LogP contribution in [0, 0.1) is 5.82 Å². The smallest absolute Gasteiger partial charge is 0.310 e. The maximum atomic E-state index is 14.1. The number of amides is 1. The van der Waals surface area contributed by atoms with E-state index in [1.807, 2.05) is 36.4 Å². The molecule has 0 spiro atoms. The summed E-state index contributed by atoms with van der Waals surface area (Å²) in [5.41, 5.74) is 3.92. The molecule has 3 aromatic carbocycles. The van der Waals surface area contributed by atoms with Crippen LogP contribution in [0.4, 0.5) is 8.78 Å². The molecule has 0 atom stereocenters. The van der Waals surface area contributed by atoms with Crippen molar-refractivity contribution in [2.24, 2.45) is 0 Å². The summed E-state index contributed by atoms with van der Waals surface area (Å²) in [5.74, 6) is -0.688. The van der Waals surface area contributed by atoms with Gasteiger partial charge in [0.1, 0.15) is 19.0 Å². The third kappa shape index (κ3) is 11.4. The van der Waals surface area contributed by atoms with Crippen LogP contribution in [0.2, 0.25) is 0 Å². The topological polar surface area (TPSA) is 84.7 Å². The van der Waals surface area contributed by atoms with Crippen molar-refractivity contribution in [2.75, 3.05) is 26.2 Å². The average Bonchev–Trinajstić information content (AvgIpc) is 3.09. The molecule has 0 aliphatic heterocycles. The standard InChI is InChI=1S/C38H44F2N4O4S/c1-5-42(6-2)19-20-43(23-29-9-15-32(16-10-29)31-13-7-28(22-39)8-14-31)35(45)25-44-24-33(21-36(46)48-27(3)4)37(47)41-38(44)49-26-30-11-17-34(40)18-12-30/h7-18,24,27H,5-6,19-23,25-26H2,1-4H3. The number of thioether (sulfide) groups is 1. The van der Waals surface area contributed by atoms with Crippen LogP contribution in [0.5, 0.6) is 0 Å². The molecule has 0 N–H and O–H groups in total. The fourth-order valence-corrected chi connectivity index (χ4v) is 6.13. The van der Waals surface area contributed by atoms with Gasteiger partial charge in [-0.1, -0.05) is 86.3 Å². The molecule has 0 aliphatic carbocycles. The number of likely N-dealkylation sites (N-methyl/N-ethyl adjacent to an activating group) is 1. The number of halogens is 2. The van der Waals surface area contributed by atoms with E-state index in [0.717, 1.165) is 35.3 Å². The van der Waals surface area contributed by atoms with Gasteiger partial charge in [0, 0.05) is 37.1 Å². The molecule has 11 heteroatoms. The maximum Gasteiger partial charge on any atom is 0.310 e. The zero-order valence-electron chi connectivity index (χ0n) is 28.5. The number of aromatic nitrogens is 2. The molecule has 0 bridgehead atoms. The Morgan fingerprint density at radius 2 is 1.47 bits per heavy atom. The monoisotopic (exact) mass is 690 g/mol. The fourth-order valence-electron chi connectivity index (χ4n) is 5.21. The number of esters is 1. The summed E-state index contributed by atoms with van der Waals surface area (Å²) in [6, 6.07) is 21.3. The SMILES string of the molecule is CCN(CC)CCN(Cc1ccc(-c2ccc(CF)cc2)cc1)C(=O)Cn1cc(CC(=O)OC(C)C)c(=O)nc1SCc1ccc(F)cc1. The Balaban J connectivity index is 1.60. The Hall–Kier alpha value is -4.35. The van der Waals surface area contributed by atoms with Crippen molar-refractivity contribution in [1.29, 1.82) is 0 Å². The maximum absolute atomic E-state index is 14.1. The van der Waals surface area contributed by atoms with E-state index in [4.69, 9.17) is 4.74 Å². The predicted molar refractivity (Wildman–Crippen MR) is 189 cm³/mol. The van der Waals surface area contributed by atoms with E-state index in [1.54, 1.807) is 47.6 Å². The van der Waals surface area contributed by atoms with Crippen molar-refractivity contribution in [1.82, 2.24) is 19.4 Å². The molecule has 0 saturated heterocycles. The number of alkyl halides is 1. The summed E-state index contributed by atoms with van der Waals surface area (Å²) in [6.45, 7) is 10.2. The molecular weight excluding hydrogens is 647 g/mol. The first-order valence-electron chi connectivity index (χ1n) is 16.5. The largest absolute Gasteiger partial charge is 0.463 e. The van der Waals surface area contributed by atoms with Crippen LogP contribution in [-0.2, 0) is 46.3 Å². The number of benzene rings is 3. The van der Waals surface area contributed by atoms with Gasteiger partial charge in [0.05, 0.1) is 12.5 Å². The Morgan fingerprint density at radius 3 is 2.04 bits per heavy atom. The molecule has 49 heavy (non-hydrogen) atoms. The Kier molecular flexibility index (Phi) is 14.1. The van der Waals surface area contributed by atoms with E-state index in [2.05, 4.69) is 23.7 Å². The highest BCUT2D eigenvalue weighted by Crippen LogP contribution is 2.23. The predicted octanol–water partition coefficient (Wildman–Crippen LogP) is 6.68. The minimum Gasteiger partial charge on any atom is -0.463 e. The van der Waals surface area contributed by atoms with Gasteiger partial charge in [-0.05, 0) is 66.9 Å². The highest BCUT2D eigenvalue weighted by atomic mass is 32.2. The molecule has 0 fully saturated rings. The van der Waals surface area contributed by atoms with Gasteiger partial charge in [0.15, 0.2) is 5.16 Å². The summed E-state index contributed by atoms with van der Waals surface area (Å²) in [6.07, 6.45) is 0.911. The van der Waals surface area contributed by atoms with E-state index in [9.17, 15) is 23.2 Å². The van der Waals surface area contributed by atoms with Crippen molar-refractivity contribution < 1.29 is 23.1 Å². The van der Waals surface area contributed by atoms with Crippen molar-refractivity contribution >= 4 is 23.6 Å². The zero-order valence-corrected chi connectivity index (χ0v) is 29.3. The molecule has 4 rings (SSSR count). The number of carbonyl (C=O) groups excluding carboxylic acids is 2. The molecule has 1 amide bonds. The lowest BCUT2D eigenvalue weighted by molar-refractivity contribution is -0.146. The second kappa shape index (κ2) is 18.4. The van der Waals surface area contributed by atoms with Crippen LogP contribution < -0.4 is 5.56 Å². The first-order valence-corrected chi connectivity index (χ1v) is 17.5. The molecule has 0 radical (unpaired) electrons. The van der Waals surface area contributed by atoms with Crippen LogP contribution in [0.3, 0.4) is 0 Å². The average molecular weight is 691 g/mol. The highest BCUT2D eigenvalue weighted by Gasteiger charge is 2.20. The summed E-state index contributed by atoms with van der Waals surface area (Å²) >= 11 is 1.26. The molecule has 0 saturated carbocycles. The lowest BCUT2D eigenvalue weighted by atomic mass is 10.0. The number of ether oxygens (including phenoxy) is 1. The Labute approximate surface area is 291 Å². The number of hydrogen-bond donors (Lipinski definition) is 0. The number of rotatable bonds is 17. The quantitative estimate of drug-likeness (QED) is 0.0695. The van der Waals surface area contributed by atoms with Crippen LogP contribution in [-0.4, -0.2) is 63.5 Å². The molecule has 0 aliphatic rings. The molecule has 260 valence electrons. The summed E-state index contributed by atoms with van der Waals surface area (Å²) < 4.78 is 33.3. The number of carbonyl (C=O) groups is 2. The van der Waals surface area contributed by atoms with E-state index in [0.29, 0.717) is 36.1 Å². The third-order valence-corrected chi connectivity index (χ3v) is 9.08. The van der Waals surface area contributed by atoms with Gasteiger partial charge in [-0.3, -0.25) is 14.4 Å². The van der Waals surface area contributed by atoms with Crippen LogP contribution >= 0.6 is 11.8 Å². The molecule has 8 nitrogen and oxygen atoms in total. The first kappa shape index (κ1) is 37.5. The molecule has 1 aromatic heterocycles. The molecule has 4 aromatic rings. The zero-order chi connectivity index (χ0) is 35.3. The van der Waals surface area contributed by atoms with Crippen LogP contribution in [0.1, 0.15) is 49.9 Å². The van der Waals surface area contributed by atoms with Gasteiger partial charge in [-0.25, -0.2) is 8.78 Å². The van der Waals surface area contributed by atoms with Gasteiger partial charge in [-0.15, -0.1) is 0 Å². The van der Waals surface area contributed by atoms with Gasteiger partial charge in [0.2, 0.25) is 5.91 Å².